The molecular weight excluding hydrogens is 354 g/mol. The topological polar surface area (TPSA) is 46.2 Å². The molecule has 140 valence electrons. The summed E-state index contributed by atoms with van der Waals surface area (Å²) in [5, 5.41) is 2.67. The standard InChI is InChI=1S/C23H25NO2S/c1-15-7-10-18(11-8-15)24-23(26)22-19-12-9-17(16-5-3-2-4-6-16)13-20(19)21(25)14-27-22/h7-13,16,22H,2-6,14H2,1H3,(H,24,26). The number of anilines is 1. The Hall–Kier alpha value is -2.07. The first-order valence-corrected chi connectivity index (χ1v) is 10.8. The molecule has 1 fully saturated rings. The van der Waals surface area contributed by atoms with Crippen LogP contribution in [0.15, 0.2) is 42.5 Å². The van der Waals surface area contributed by atoms with Crippen LogP contribution in [-0.4, -0.2) is 17.4 Å². The first kappa shape index (κ1) is 18.3. The van der Waals surface area contributed by atoms with E-state index >= 15 is 0 Å². The molecule has 0 spiro atoms. The zero-order valence-electron chi connectivity index (χ0n) is 15.7. The number of hydrogen-bond donors (Lipinski definition) is 1. The maximum atomic E-state index is 12.9. The van der Waals surface area contributed by atoms with E-state index in [1.54, 1.807) is 0 Å². The molecule has 0 bridgehead atoms. The highest BCUT2D eigenvalue weighted by Gasteiger charge is 2.32. The summed E-state index contributed by atoms with van der Waals surface area (Å²) < 4.78 is 0. The van der Waals surface area contributed by atoms with Crippen LogP contribution < -0.4 is 5.32 Å². The van der Waals surface area contributed by atoms with E-state index in [0.717, 1.165) is 22.4 Å². The van der Waals surface area contributed by atoms with Crippen LogP contribution in [0, 0.1) is 6.92 Å². The number of hydrogen-bond acceptors (Lipinski definition) is 3. The summed E-state index contributed by atoms with van der Waals surface area (Å²) in [4.78, 5) is 25.4. The fourth-order valence-corrected chi connectivity index (χ4v) is 5.19. The van der Waals surface area contributed by atoms with Gasteiger partial charge in [0.2, 0.25) is 5.91 Å². The highest BCUT2D eigenvalue weighted by molar-refractivity contribution is 8.01. The van der Waals surface area contributed by atoms with Gasteiger partial charge in [0.1, 0.15) is 5.25 Å². The van der Waals surface area contributed by atoms with E-state index in [9.17, 15) is 9.59 Å². The maximum Gasteiger partial charge on any atom is 0.242 e. The smallest absolute Gasteiger partial charge is 0.242 e. The number of aryl methyl sites for hydroxylation is 1. The summed E-state index contributed by atoms with van der Waals surface area (Å²) in [6, 6.07) is 14.0. The molecule has 0 aromatic heterocycles. The quantitative estimate of drug-likeness (QED) is 0.749. The predicted molar refractivity (Wildman–Crippen MR) is 112 cm³/mol. The lowest BCUT2D eigenvalue weighted by atomic mass is 9.82. The van der Waals surface area contributed by atoms with Gasteiger partial charge in [-0.05, 0) is 55.0 Å². The van der Waals surface area contributed by atoms with Crippen LogP contribution in [0.3, 0.4) is 0 Å². The van der Waals surface area contributed by atoms with Crippen LogP contribution in [0.1, 0.15) is 70.3 Å². The van der Waals surface area contributed by atoms with E-state index in [1.165, 1.54) is 49.4 Å². The van der Waals surface area contributed by atoms with Crippen molar-refractivity contribution < 1.29 is 9.59 Å². The molecule has 1 unspecified atom stereocenters. The fraction of sp³-hybridized carbons (Fsp3) is 0.391. The number of Topliss-reactive ketones (excluding diaryl/α,β-unsaturated/α-hetero) is 1. The van der Waals surface area contributed by atoms with E-state index in [0.29, 0.717) is 11.7 Å². The lowest BCUT2D eigenvalue weighted by Gasteiger charge is -2.27. The average Bonchev–Trinajstić information content (AvgIpc) is 2.70. The van der Waals surface area contributed by atoms with Crippen molar-refractivity contribution in [3.05, 3.63) is 64.7 Å². The highest BCUT2D eigenvalue weighted by atomic mass is 32.2. The van der Waals surface area contributed by atoms with Gasteiger partial charge in [0, 0.05) is 11.3 Å². The first-order valence-electron chi connectivity index (χ1n) is 9.78. The van der Waals surface area contributed by atoms with Gasteiger partial charge < -0.3 is 5.32 Å². The van der Waals surface area contributed by atoms with Crippen molar-refractivity contribution in [1.29, 1.82) is 0 Å². The van der Waals surface area contributed by atoms with Crippen LogP contribution >= 0.6 is 11.8 Å². The Morgan fingerprint density at radius 2 is 1.78 bits per heavy atom. The van der Waals surface area contributed by atoms with Crippen molar-refractivity contribution in [3.8, 4) is 0 Å². The Kier molecular flexibility index (Phi) is 5.35. The van der Waals surface area contributed by atoms with Crippen molar-refractivity contribution in [2.45, 2.75) is 50.2 Å². The molecule has 2 aromatic rings. The highest BCUT2D eigenvalue weighted by Crippen LogP contribution is 2.40. The van der Waals surface area contributed by atoms with Gasteiger partial charge >= 0.3 is 0 Å². The molecule has 27 heavy (non-hydrogen) atoms. The van der Waals surface area contributed by atoms with Crippen molar-refractivity contribution in [2.75, 3.05) is 11.1 Å². The number of carbonyl (C=O) groups excluding carboxylic acids is 2. The van der Waals surface area contributed by atoms with Gasteiger partial charge in [0.25, 0.3) is 0 Å². The molecule has 1 N–H and O–H groups in total. The summed E-state index contributed by atoms with van der Waals surface area (Å²) in [7, 11) is 0. The summed E-state index contributed by atoms with van der Waals surface area (Å²) >= 11 is 1.42. The number of ketones is 1. The Bertz CT molecular complexity index is 853. The van der Waals surface area contributed by atoms with E-state index in [-0.39, 0.29) is 16.9 Å². The third-order valence-corrected chi connectivity index (χ3v) is 6.91. The summed E-state index contributed by atoms with van der Waals surface area (Å²) in [5.74, 6) is 1.02. The minimum absolute atomic E-state index is 0.0528. The Morgan fingerprint density at radius 3 is 2.52 bits per heavy atom. The maximum absolute atomic E-state index is 12.9. The van der Waals surface area contributed by atoms with Crippen LogP contribution in [0.25, 0.3) is 0 Å². The van der Waals surface area contributed by atoms with Crippen molar-refractivity contribution >= 4 is 29.1 Å². The average molecular weight is 380 g/mol. The van der Waals surface area contributed by atoms with Crippen LogP contribution in [0.4, 0.5) is 5.69 Å². The van der Waals surface area contributed by atoms with E-state index in [1.807, 2.05) is 37.3 Å². The molecule has 1 amide bonds. The van der Waals surface area contributed by atoms with Gasteiger partial charge in [-0.3, -0.25) is 9.59 Å². The second-order valence-electron chi connectivity index (χ2n) is 7.65. The van der Waals surface area contributed by atoms with E-state index < -0.39 is 0 Å². The normalized spacial score (nSPS) is 20.2. The third-order valence-electron chi connectivity index (χ3n) is 5.68. The molecule has 1 saturated carbocycles. The molecule has 1 heterocycles. The van der Waals surface area contributed by atoms with Crippen molar-refractivity contribution in [1.82, 2.24) is 0 Å². The monoisotopic (exact) mass is 379 g/mol. The number of amides is 1. The summed E-state index contributed by atoms with van der Waals surface area (Å²) in [6.07, 6.45) is 6.27. The third kappa shape index (κ3) is 3.96. The van der Waals surface area contributed by atoms with Gasteiger partial charge in [-0.15, -0.1) is 11.8 Å². The minimum atomic E-state index is -0.334. The second-order valence-corrected chi connectivity index (χ2v) is 8.74. The van der Waals surface area contributed by atoms with E-state index in [2.05, 4.69) is 17.4 Å². The Labute approximate surface area is 164 Å². The molecule has 4 heteroatoms. The SMILES string of the molecule is Cc1ccc(NC(=O)C2SCC(=O)c3cc(C4CCCCC4)ccc32)cc1. The van der Waals surface area contributed by atoms with Gasteiger partial charge in [-0.2, -0.15) is 0 Å². The number of thioether (sulfide) groups is 1. The number of benzene rings is 2. The Balaban J connectivity index is 1.57. The van der Waals surface area contributed by atoms with Gasteiger partial charge in [-0.25, -0.2) is 0 Å². The molecule has 0 saturated heterocycles. The second kappa shape index (κ2) is 7.89. The predicted octanol–water partition coefficient (Wildman–Crippen LogP) is 5.65. The van der Waals surface area contributed by atoms with Crippen LogP contribution in [-0.2, 0) is 4.79 Å². The molecular formula is C23H25NO2S. The lowest BCUT2D eigenvalue weighted by molar-refractivity contribution is -0.115. The molecule has 1 aliphatic carbocycles. The molecule has 4 rings (SSSR count). The van der Waals surface area contributed by atoms with Crippen molar-refractivity contribution in [3.63, 3.8) is 0 Å². The van der Waals surface area contributed by atoms with Crippen LogP contribution in [0.5, 0.6) is 0 Å². The van der Waals surface area contributed by atoms with Gasteiger partial charge in [0.05, 0.1) is 5.75 Å². The van der Waals surface area contributed by atoms with Crippen LogP contribution in [0.2, 0.25) is 0 Å². The molecule has 1 aliphatic heterocycles. The summed E-state index contributed by atoms with van der Waals surface area (Å²) in [6.45, 7) is 2.02. The molecule has 3 nitrogen and oxygen atoms in total. The zero-order valence-corrected chi connectivity index (χ0v) is 16.5. The number of fused-ring (bicyclic) bond motifs is 1. The number of carbonyl (C=O) groups is 2. The first-order chi connectivity index (χ1) is 13.1. The fourth-order valence-electron chi connectivity index (χ4n) is 4.12. The molecule has 2 aliphatic rings. The zero-order chi connectivity index (χ0) is 18.8. The Morgan fingerprint density at radius 1 is 1.04 bits per heavy atom. The lowest BCUT2D eigenvalue weighted by Crippen LogP contribution is -2.26. The van der Waals surface area contributed by atoms with Gasteiger partial charge in [0.15, 0.2) is 5.78 Å². The molecule has 2 aromatic carbocycles. The van der Waals surface area contributed by atoms with E-state index in [4.69, 9.17) is 0 Å². The number of nitrogens with one attached hydrogen (secondary N) is 1. The van der Waals surface area contributed by atoms with Crippen molar-refractivity contribution in [2.24, 2.45) is 0 Å². The molecule has 1 atom stereocenters. The largest absolute Gasteiger partial charge is 0.325 e. The number of rotatable bonds is 3. The molecule has 0 radical (unpaired) electrons. The minimum Gasteiger partial charge on any atom is -0.325 e. The van der Waals surface area contributed by atoms with Gasteiger partial charge in [-0.1, -0.05) is 49.1 Å². The summed E-state index contributed by atoms with van der Waals surface area (Å²) in [5.41, 5.74) is 4.84.